The first-order valence-corrected chi connectivity index (χ1v) is 4.80. The number of halogens is 1. The van der Waals surface area contributed by atoms with Crippen molar-refractivity contribution in [1.82, 2.24) is 15.3 Å². The number of nitrogens with one attached hydrogen (secondary N) is 2. The molecule has 0 unspecified atom stereocenters. The maximum absolute atomic E-state index is 11.1. The number of carbonyl (C=O) groups is 1. The van der Waals surface area contributed by atoms with Gasteiger partial charge in [-0.1, -0.05) is 11.6 Å². The first kappa shape index (κ1) is 11.5. The summed E-state index contributed by atoms with van der Waals surface area (Å²) in [5, 5.41) is 5.72. The Morgan fingerprint density at radius 2 is 2.40 bits per heavy atom. The molecule has 15 heavy (non-hydrogen) atoms. The van der Waals surface area contributed by atoms with Crippen LogP contribution in [0.5, 0.6) is 0 Å². The van der Waals surface area contributed by atoms with Crippen molar-refractivity contribution in [3.8, 4) is 0 Å². The van der Waals surface area contributed by atoms with Crippen molar-refractivity contribution in [1.29, 1.82) is 0 Å². The smallest absolute Gasteiger partial charge is 0.239 e. The van der Waals surface area contributed by atoms with E-state index in [2.05, 4.69) is 20.6 Å². The number of anilines is 2. The van der Waals surface area contributed by atoms with Crippen molar-refractivity contribution in [2.24, 2.45) is 0 Å². The monoisotopic (exact) mass is 229 g/mol. The van der Waals surface area contributed by atoms with Gasteiger partial charge in [0, 0.05) is 6.54 Å². The molecule has 1 rings (SSSR count). The molecule has 0 aliphatic carbocycles. The highest BCUT2D eigenvalue weighted by Gasteiger charge is 2.05. The van der Waals surface area contributed by atoms with Crippen LogP contribution in [0.2, 0.25) is 5.02 Å². The zero-order valence-electron chi connectivity index (χ0n) is 8.25. The average Bonchev–Trinajstić information content (AvgIpc) is 2.20. The molecule has 0 saturated carbocycles. The zero-order chi connectivity index (χ0) is 11.3. The highest BCUT2D eigenvalue weighted by Crippen LogP contribution is 2.17. The number of aromatic nitrogens is 2. The molecule has 0 atom stereocenters. The van der Waals surface area contributed by atoms with Crippen molar-refractivity contribution in [3.63, 3.8) is 0 Å². The Kier molecular flexibility index (Phi) is 4.11. The van der Waals surface area contributed by atoms with Crippen LogP contribution in [0.3, 0.4) is 0 Å². The first-order valence-electron chi connectivity index (χ1n) is 4.42. The number of hydrogen-bond donors (Lipinski definition) is 3. The molecule has 0 spiro atoms. The van der Waals surface area contributed by atoms with Crippen molar-refractivity contribution >= 4 is 29.3 Å². The van der Waals surface area contributed by atoms with Gasteiger partial charge in [0.25, 0.3) is 0 Å². The third kappa shape index (κ3) is 3.59. The van der Waals surface area contributed by atoms with Crippen LogP contribution >= 0.6 is 11.6 Å². The summed E-state index contributed by atoms with van der Waals surface area (Å²) < 4.78 is 0. The average molecular weight is 230 g/mol. The lowest BCUT2D eigenvalue weighted by atomic mass is 10.5. The summed E-state index contributed by atoms with van der Waals surface area (Å²) in [5.41, 5.74) is 5.37. The van der Waals surface area contributed by atoms with E-state index in [0.29, 0.717) is 17.4 Å². The second kappa shape index (κ2) is 5.35. The molecule has 1 amide bonds. The Morgan fingerprint density at radius 3 is 3.07 bits per heavy atom. The summed E-state index contributed by atoms with van der Waals surface area (Å²) in [6.07, 6.45) is 1.38. The van der Waals surface area contributed by atoms with Crippen molar-refractivity contribution in [2.75, 3.05) is 24.1 Å². The number of nitrogens with two attached hydrogens (primary N) is 1. The lowest BCUT2D eigenvalue weighted by molar-refractivity contribution is -0.119. The van der Waals surface area contributed by atoms with Gasteiger partial charge in [0.05, 0.1) is 12.7 Å². The van der Waals surface area contributed by atoms with E-state index in [1.54, 1.807) is 0 Å². The topological polar surface area (TPSA) is 92.9 Å². The molecule has 0 bridgehead atoms. The van der Waals surface area contributed by atoms with E-state index in [-0.39, 0.29) is 18.4 Å². The lowest BCUT2D eigenvalue weighted by Crippen LogP contribution is -2.29. The fraction of sp³-hybridized carbons (Fsp3) is 0.375. The molecule has 0 fully saturated rings. The molecule has 0 radical (unpaired) electrons. The summed E-state index contributed by atoms with van der Waals surface area (Å²) in [7, 11) is 0. The second-order valence-corrected chi connectivity index (χ2v) is 3.14. The molecule has 1 heterocycles. The molecular weight excluding hydrogens is 218 g/mol. The SMILES string of the molecule is CCNC(=O)CNc1nc(N)ncc1Cl. The van der Waals surface area contributed by atoms with Gasteiger partial charge < -0.3 is 16.4 Å². The van der Waals surface area contributed by atoms with Gasteiger partial charge in [-0.05, 0) is 6.92 Å². The predicted octanol–water partition coefficient (Wildman–Crippen LogP) is 0.260. The Morgan fingerprint density at radius 1 is 1.67 bits per heavy atom. The molecule has 0 aliphatic rings. The summed E-state index contributed by atoms with van der Waals surface area (Å²) in [5.74, 6) is 0.332. The Hall–Kier alpha value is -1.56. The van der Waals surface area contributed by atoms with Gasteiger partial charge in [-0.25, -0.2) is 4.98 Å². The number of amides is 1. The summed E-state index contributed by atoms with van der Waals surface area (Å²) >= 11 is 5.78. The molecule has 7 heteroatoms. The molecule has 0 saturated heterocycles. The quantitative estimate of drug-likeness (QED) is 0.689. The summed E-state index contributed by atoms with van der Waals surface area (Å²) in [6.45, 7) is 2.53. The van der Waals surface area contributed by atoms with Crippen molar-refractivity contribution < 1.29 is 4.79 Å². The Balaban J connectivity index is 2.57. The van der Waals surface area contributed by atoms with Gasteiger partial charge in [0.2, 0.25) is 11.9 Å². The predicted molar refractivity (Wildman–Crippen MR) is 58.6 cm³/mol. The first-order chi connectivity index (χ1) is 7.13. The van der Waals surface area contributed by atoms with Crippen LogP contribution < -0.4 is 16.4 Å². The number of carbonyl (C=O) groups excluding carboxylic acids is 1. The minimum absolute atomic E-state index is 0.101. The molecule has 0 aromatic carbocycles. The van der Waals surface area contributed by atoms with E-state index in [0.717, 1.165) is 0 Å². The van der Waals surface area contributed by atoms with Crippen LogP contribution in [0.25, 0.3) is 0 Å². The van der Waals surface area contributed by atoms with Gasteiger partial charge in [0.1, 0.15) is 5.02 Å². The largest absolute Gasteiger partial charge is 0.368 e. The summed E-state index contributed by atoms with van der Waals surface area (Å²) in [6, 6.07) is 0. The van der Waals surface area contributed by atoms with Gasteiger partial charge in [-0.15, -0.1) is 0 Å². The molecule has 1 aromatic rings. The van der Waals surface area contributed by atoms with Gasteiger partial charge >= 0.3 is 0 Å². The van der Waals surface area contributed by atoms with Crippen LogP contribution in [0.4, 0.5) is 11.8 Å². The van der Waals surface area contributed by atoms with Crippen LogP contribution in [-0.4, -0.2) is 29.0 Å². The van der Waals surface area contributed by atoms with Gasteiger partial charge in [-0.2, -0.15) is 4.98 Å². The van der Waals surface area contributed by atoms with Crippen LogP contribution in [0.1, 0.15) is 6.92 Å². The third-order valence-corrected chi connectivity index (χ3v) is 1.83. The normalized spacial score (nSPS) is 9.73. The van der Waals surface area contributed by atoms with Crippen LogP contribution in [0.15, 0.2) is 6.20 Å². The van der Waals surface area contributed by atoms with E-state index in [1.807, 2.05) is 6.92 Å². The lowest BCUT2D eigenvalue weighted by Gasteiger charge is -2.07. The van der Waals surface area contributed by atoms with E-state index in [4.69, 9.17) is 17.3 Å². The number of rotatable bonds is 4. The highest BCUT2D eigenvalue weighted by atomic mass is 35.5. The summed E-state index contributed by atoms with van der Waals surface area (Å²) in [4.78, 5) is 18.7. The standard InChI is InChI=1S/C8H12ClN5O/c1-2-11-6(15)4-12-7-5(9)3-13-8(10)14-7/h3H,2,4H2,1H3,(H,11,15)(H3,10,12,13,14). The molecule has 0 aliphatic heterocycles. The Labute approximate surface area is 92.2 Å². The second-order valence-electron chi connectivity index (χ2n) is 2.73. The van der Waals surface area contributed by atoms with E-state index >= 15 is 0 Å². The van der Waals surface area contributed by atoms with Gasteiger partial charge in [0.15, 0.2) is 5.82 Å². The molecule has 82 valence electrons. The van der Waals surface area contributed by atoms with Crippen molar-refractivity contribution in [2.45, 2.75) is 6.92 Å². The Bertz CT molecular complexity index is 357. The minimum Gasteiger partial charge on any atom is -0.368 e. The maximum Gasteiger partial charge on any atom is 0.239 e. The maximum atomic E-state index is 11.1. The fourth-order valence-electron chi connectivity index (χ4n) is 0.928. The van der Waals surface area contributed by atoms with Gasteiger partial charge in [-0.3, -0.25) is 4.79 Å². The number of nitrogens with zero attached hydrogens (tertiary/aromatic N) is 2. The number of nitrogen functional groups attached to an aromatic ring is 1. The fourth-order valence-corrected chi connectivity index (χ4v) is 1.09. The molecular formula is C8H12ClN5O. The van der Waals surface area contributed by atoms with E-state index < -0.39 is 0 Å². The van der Waals surface area contributed by atoms with E-state index in [9.17, 15) is 4.79 Å². The highest BCUT2D eigenvalue weighted by molar-refractivity contribution is 6.32. The number of hydrogen-bond acceptors (Lipinski definition) is 5. The molecule has 6 nitrogen and oxygen atoms in total. The van der Waals surface area contributed by atoms with Crippen LogP contribution in [0, 0.1) is 0 Å². The van der Waals surface area contributed by atoms with Crippen molar-refractivity contribution in [3.05, 3.63) is 11.2 Å². The molecule has 4 N–H and O–H groups in total. The number of likely N-dealkylation sites (N-methyl/N-ethyl adjacent to an activating group) is 1. The third-order valence-electron chi connectivity index (χ3n) is 1.55. The van der Waals surface area contributed by atoms with E-state index in [1.165, 1.54) is 6.20 Å². The molecule has 1 aromatic heterocycles. The minimum atomic E-state index is -0.134. The zero-order valence-corrected chi connectivity index (χ0v) is 9.01. The van der Waals surface area contributed by atoms with Crippen LogP contribution in [-0.2, 0) is 4.79 Å².